The van der Waals surface area contributed by atoms with Crippen LogP contribution in [0, 0.1) is 0 Å². The molecule has 41 heavy (non-hydrogen) atoms. The molecule has 0 bridgehead atoms. The number of esters is 1. The highest BCUT2D eigenvalue weighted by atomic mass is 35.5. The standard InChI is InChI=1S/C32H29ClN2O5S/c1-4-38-26-13-9-7-11-24(26)29-28(31(37)39-5-2)20(3)34-32-35(29)30(36)27(41-32)18-21-14-16-23(17-15-21)40-19-22-10-6-8-12-25(22)33/h6-18,29H,4-5,19H2,1-3H3/b27-18-/t29-/m1/s1. The van der Waals surface area contributed by atoms with Gasteiger partial charge in [0.15, 0.2) is 4.80 Å². The lowest BCUT2D eigenvalue weighted by atomic mass is 9.95. The number of halogens is 1. The maximum atomic E-state index is 13.9. The third-order valence-corrected chi connectivity index (χ3v) is 7.91. The molecule has 210 valence electrons. The van der Waals surface area contributed by atoms with Crippen LogP contribution in [-0.2, 0) is 16.1 Å². The minimum Gasteiger partial charge on any atom is -0.494 e. The Bertz CT molecular complexity index is 1790. The highest BCUT2D eigenvalue weighted by Crippen LogP contribution is 2.35. The van der Waals surface area contributed by atoms with Crippen LogP contribution in [-0.4, -0.2) is 23.8 Å². The quantitative estimate of drug-likeness (QED) is 0.244. The van der Waals surface area contributed by atoms with E-state index in [0.717, 1.165) is 11.1 Å². The Hall–Kier alpha value is -4.14. The van der Waals surface area contributed by atoms with E-state index in [0.29, 0.717) is 55.9 Å². The highest BCUT2D eigenvalue weighted by molar-refractivity contribution is 7.07. The number of hydrogen-bond acceptors (Lipinski definition) is 7. The first-order chi connectivity index (χ1) is 19.9. The fourth-order valence-corrected chi connectivity index (χ4v) is 5.90. The van der Waals surface area contributed by atoms with Crippen LogP contribution in [0.15, 0.2) is 93.9 Å². The van der Waals surface area contributed by atoms with Crippen molar-refractivity contribution in [2.45, 2.75) is 33.4 Å². The topological polar surface area (TPSA) is 79.1 Å². The minimum absolute atomic E-state index is 0.206. The molecule has 0 N–H and O–H groups in total. The third-order valence-electron chi connectivity index (χ3n) is 6.56. The fraction of sp³-hybridized carbons (Fsp3) is 0.219. The summed E-state index contributed by atoms with van der Waals surface area (Å²) in [6.45, 7) is 6.40. The van der Waals surface area contributed by atoms with Crippen molar-refractivity contribution in [2.75, 3.05) is 13.2 Å². The lowest BCUT2D eigenvalue weighted by Crippen LogP contribution is -2.40. The number of rotatable bonds is 9. The van der Waals surface area contributed by atoms with Crippen molar-refractivity contribution in [3.63, 3.8) is 0 Å². The average molecular weight is 589 g/mol. The lowest BCUT2D eigenvalue weighted by Gasteiger charge is -2.26. The van der Waals surface area contributed by atoms with E-state index in [2.05, 4.69) is 4.99 Å². The summed E-state index contributed by atoms with van der Waals surface area (Å²) in [5.74, 6) is 0.774. The summed E-state index contributed by atoms with van der Waals surface area (Å²) in [6.07, 6.45) is 1.82. The van der Waals surface area contributed by atoms with E-state index in [1.54, 1.807) is 18.4 Å². The summed E-state index contributed by atoms with van der Waals surface area (Å²) >= 11 is 7.50. The Kier molecular flexibility index (Phi) is 8.71. The molecule has 1 aliphatic rings. The van der Waals surface area contributed by atoms with E-state index in [-0.39, 0.29) is 12.2 Å². The number of hydrogen-bond donors (Lipinski definition) is 0. The predicted octanol–water partition coefficient (Wildman–Crippen LogP) is 5.43. The Balaban J connectivity index is 1.53. The number of carbonyl (C=O) groups excluding carboxylic acids is 1. The van der Waals surface area contributed by atoms with Crippen molar-refractivity contribution in [3.8, 4) is 11.5 Å². The smallest absolute Gasteiger partial charge is 0.338 e. The summed E-state index contributed by atoms with van der Waals surface area (Å²) in [7, 11) is 0. The van der Waals surface area contributed by atoms with Crippen molar-refractivity contribution in [2.24, 2.45) is 4.99 Å². The summed E-state index contributed by atoms with van der Waals surface area (Å²) in [4.78, 5) is 32.2. The Morgan fingerprint density at radius 1 is 1.00 bits per heavy atom. The van der Waals surface area contributed by atoms with Crippen LogP contribution >= 0.6 is 22.9 Å². The van der Waals surface area contributed by atoms with Gasteiger partial charge >= 0.3 is 5.97 Å². The van der Waals surface area contributed by atoms with Gasteiger partial charge in [0.05, 0.1) is 29.0 Å². The number of allylic oxidation sites excluding steroid dienone is 1. The number of fused-ring (bicyclic) bond motifs is 1. The van der Waals surface area contributed by atoms with Gasteiger partial charge in [0, 0.05) is 16.1 Å². The van der Waals surface area contributed by atoms with Gasteiger partial charge in [0.2, 0.25) is 0 Å². The third kappa shape index (κ3) is 5.99. The molecule has 7 nitrogen and oxygen atoms in total. The van der Waals surface area contributed by atoms with Crippen molar-refractivity contribution in [3.05, 3.63) is 125 Å². The molecule has 2 heterocycles. The van der Waals surface area contributed by atoms with Gasteiger partial charge in [-0.15, -0.1) is 0 Å². The zero-order chi connectivity index (χ0) is 28.9. The van der Waals surface area contributed by atoms with E-state index >= 15 is 0 Å². The molecule has 1 atom stereocenters. The maximum absolute atomic E-state index is 13.9. The second-order valence-electron chi connectivity index (χ2n) is 9.22. The summed E-state index contributed by atoms with van der Waals surface area (Å²) in [6, 6.07) is 21.7. The Morgan fingerprint density at radius 2 is 1.73 bits per heavy atom. The van der Waals surface area contributed by atoms with Crippen LogP contribution in [0.5, 0.6) is 11.5 Å². The summed E-state index contributed by atoms with van der Waals surface area (Å²) < 4.78 is 19.2. The number of carbonyl (C=O) groups is 1. The number of thiazole rings is 1. The molecule has 0 fully saturated rings. The van der Waals surface area contributed by atoms with Gasteiger partial charge in [-0.25, -0.2) is 9.79 Å². The van der Waals surface area contributed by atoms with Gasteiger partial charge in [0.25, 0.3) is 5.56 Å². The van der Waals surface area contributed by atoms with Crippen molar-refractivity contribution in [1.29, 1.82) is 0 Å². The van der Waals surface area contributed by atoms with E-state index in [4.69, 9.17) is 25.8 Å². The van der Waals surface area contributed by atoms with Crippen molar-refractivity contribution < 1.29 is 19.0 Å². The van der Waals surface area contributed by atoms with Crippen LogP contribution < -0.4 is 24.4 Å². The molecule has 0 amide bonds. The van der Waals surface area contributed by atoms with E-state index < -0.39 is 12.0 Å². The molecular formula is C32H29ClN2O5S. The van der Waals surface area contributed by atoms with Gasteiger partial charge < -0.3 is 14.2 Å². The van der Waals surface area contributed by atoms with Crippen LogP contribution in [0.25, 0.3) is 6.08 Å². The van der Waals surface area contributed by atoms with Crippen LogP contribution in [0.4, 0.5) is 0 Å². The van der Waals surface area contributed by atoms with Crippen molar-refractivity contribution in [1.82, 2.24) is 4.57 Å². The van der Waals surface area contributed by atoms with E-state index in [9.17, 15) is 9.59 Å². The molecule has 0 unspecified atom stereocenters. The monoisotopic (exact) mass is 588 g/mol. The minimum atomic E-state index is -0.740. The second kappa shape index (κ2) is 12.6. The fourth-order valence-electron chi connectivity index (χ4n) is 4.67. The zero-order valence-electron chi connectivity index (χ0n) is 22.9. The van der Waals surface area contributed by atoms with Gasteiger partial charge in [-0.1, -0.05) is 71.5 Å². The first-order valence-electron chi connectivity index (χ1n) is 13.3. The highest BCUT2D eigenvalue weighted by Gasteiger charge is 2.35. The summed E-state index contributed by atoms with van der Waals surface area (Å²) in [5.41, 5.74) is 2.99. The molecule has 3 aromatic carbocycles. The van der Waals surface area contributed by atoms with Crippen molar-refractivity contribution >= 4 is 35.0 Å². The number of ether oxygens (including phenoxy) is 3. The molecule has 0 radical (unpaired) electrons. The van der Waals surface area contributed by atoms with Gasteiger partial charge in [-0.05, 0) is 56.7 Å². The second-order valence-corrected chi connectivity index (χ2v) is 10.6. The molecule has 0 saturated heterocycles. The number of para-hydroxylation sites is 1. The first-order valence-corrected chi connectivity index (χ1v) is 14.5. The first kappa shape index (κ1) is 28.4. The Labute approximate surface area is 246 Å². The van der Waals surface area contributed by atoms with Gasteiger partial charge in [-0.2, -0.15) is 0 Å². The molecule has 5 rings (SSSR count). The molecule has 4 aromatic rings. The summed E-state index contributed by atoms with van der Waals surface area (Å²) in [5, 5.41) is 0.656. The molecule has 9 heteroatoms. The van der Waals surface area contributed by atoms with Gasteiger partial charge in [-0.3, -0.25) is 9.36 Å². The lowest BCUT2D eigenvalue weighted by molar-refractivity contribution is -0.139. The predicted molar refractivity (Wildman–Crippen MR) is 160 cm³/mol. The Morgan fingerprint density at radius 3 is 2.46 bits per heavy atom. The maximum Gasteiger partial charge on any atom is 0.338 e. The van der Waals surface area contributed by atoms with Gasteiger partial charge in [0.1, 0.15) is 24.1 Å². The van der Waals surface area contributed by atoms with Crippen LogP contribution in [0.1, 0.15) is 43.5 Å². The van der Waals surface area contributed by atoms with E-state index in [1.807, 2.05) is 85.8 Å². The average Bonchev–Trinajstić information content (AvgIpc) is 3.27. The van der Waals surface area contributed by atoms with E-state index in [1.165, 1.54) is 11.3 Å². The molecule has 0 spiro atoms. The molecule has 0 saturated carbocycles. The number of aromatic nitrogens is 1. The van der Waals surface area contributed by atoms with Crippen LogP contribution in [0.2, 0.25) is 5.02 Å². The van der Waals surface area contributed by atoms with Crippen LogP contribution in [0.3, 0.4) is 0 Å². The normalized spacial score (nSPS) is 14.8. The molecular weight excluding hydrogens is 560 g/mol. The SMILES string of the molecule is CCOC(=O)C1=C(C)N=c2s/c(=C\c3ccc(OCc4ccccc4Cl)cc3)c(=O)n2[C@@H]1c1ccccc1OCC. The molecule has 1 aromatic heterocycles. The number of nitrogens with zero attached hydrogens (tertiary/aromatic N) is 2. The zero-order valence-corrected chi connectivity index (χ0v) is 24.5. The largest absolute Gasteiger partial charge is 0.494 e. The molecule has 1 aliphatic heterocycles. The molecule has 0 aliphatic carbocycles. The number of benzene rings is 3.